The van der Waals surface area contributed by atoms with Crippen LogP contribution in [0.4, 0.5) is 23.2 Å². The van der Waals surface area contributed by atoms with E-state index >= 15 is 0 Å². The third-order valence-corrected chi connectivity index (χ3v) is 4.45. The molecular weight excluding hydrogens is 467 g/mol. The fraction of sp³-hybridized carbons (Fsp3) is 0.105. The summed E-state index contributed by atoms with van der Waals surface area (Å²) in [5.41, 5.74) is -3.09. The summed E-state index contributed by atoms with van der Waals surface area (Å²) in [5.74, 6) is -3.02. The van der Waals surface area contributed by atoms with E-state index in [2.05, 4.69) is 15.5 Å². The molecule has 0 aliphatic heterocycles. The van der Waals surface area contributed by atoms with Crippen LogP contribution in [-0.2, 0) is 11.6 Å². The molecule has 7 nitrogen and oxygen atoms in total. The monoisotopic (exact) mass is 477 g/mol. The first-order chi connectivity index (χ1) is 15.3. The SMILES string of the molecule is [B]C([B])(O)c1cc(F)ccc1Oc1cc(C(F)(F)F)c(Cl)cc1C(=O)Nc1cn[nH]c(=O)c1. The number of H-pyrrole nitrogens is 1. The van der Waals surface area contributed by atoms with Crippen LogP contribution in [0.25, 0.3) is 0 Å². The molecule has 0 aliphatic carbocycles. The van der Waals surface area contributed by atoms with Crippen molar-refractivity contribution in [2.24, 2.45) is 0 Å². The van der Waals surface area contributed by atoms with Crippen molar-refractivity contribution in [3.8, 4) is 11.5 Å². The molecule has 2 aromatic carbocycles. The molecule has 4 radical (unpaired) electrons. The average molecular weight is 477 g/mol. The first-order valence-corrected chi connectivity index (χ1v) is 9.18. The highest BCUT2D eigenvalue weighted by molar-refractivity contribution is 6.38. The Labute approximate surface area is 190 Å². The highest BCUT2D eigenvalue weighted by Crippen LogP contribution is 2.41. The van der Waals surface area contributed by atoms with E-state index in [0.29, 0.717) is 18.2 Å². The minimum atomic E-state index is -4.92. The lowest BCUT2D eigenvalue weighted by atomic mass is 9.61. The highest BCUT2D eigenvalue weighted by atomic mass is 35.5. The zero-order valence-electron chi connectivity index (χ0n) is 16.2. The van der Waals surface area contributed by atoms with E-state index in [1.807, 2.05) is 0 Å². The van der Waals surface area contributed by atoms with Crippen molar-refractivity contribution in [3.05, 3.63) is 80.5 Å². The topological polar surface area (TPSA) is 104 Å². The summed E-state index contributed by atoms with van der Waals surface area (Å²) in [6.07, 6.45) is -3.85. The minimum absolute atomic E-state index is 0.0773. The lowest BCUT2D eigenvalue weighted by Gasteiger charge is -2.23. The summed E-state index contributed by atoms with van der Waals surface area (Å²) in [7, 11) is 10.8. The first kappa shape index (κ1) is 24.3. The van der Waals surface area contributed by atoms with E-state index < -0.39 is 62.1 Å². The largest absolute Gasteiger partial charge is 0.456 e. The van der Waals surface area contributed by atoms with Gasteiger partial charge >= 0.3 is 6.18 Å². The maximum absolute atomic E-state index is 13.6. The van der Waals surface area contributed by atoms with Crippen molar-refractivity contribution in [2.75, 3.05) is 5.32 Å². The maximum Gasteiger partial charge on any atom is 0.417 e. The summed E-state index contributed by atoms with van der Waals surface area (Å²) in [5, 5.41) is 14.3. The third-order valence-electron chi connectivity index (χ3n) is 4.14. The van der Waals surface area contributed by atoms with Crippen LogP contribution in [0, 0.1) is 5.82 Å². The van der Waals surface area contributed by atoms with Gasteiger partial charge in [0.1, 0.15) is 33.0 Å². The Balaban J connectivity index is 2.13. The molecule has 0 aliphatic rings. The Morgan fingerprint density at radius 2 is 1.82 bits per heavy atom. The van der Waals surface area contributed by atoms with Gasteiger partial charge in [-0.3, -0.25) is 9.59 Å². The number of aromatic nitrogens is 2. The number of halogens is 5. The number of hydrogen-bond donors (Lipinski definition) is 3. The second-order valence-electron chi connectivity index (χ2n) is 6.68. The first-order valence-electron chi connectivity index (χ1n) is 8.80. The Kier molecular flexibility index (Phi) is 6.57. The number of carbonyl (C=O) groups is 1. The zero-order chi connectivity index (χ0) is 24.6. The number of amides is 1. The number of nitrogens with zero attached hydrogens (tertiary/aromatic N) is 1. The molecule has 166 valence electrons. The average Bonchev–Trinajstić information content (AvgIpc) is 2.68. The van der Waals surface area contributed by atoms with E-state index in [1.54, 1.807) is 0 Å². The number of nitrogens with one attached hydrogen (secondary N) is 2. The van der Waals surface area contributed by atoms with Gasteiger partial charge < -0.3 is 15.2 Å². The molecule has 3 N–H and O–H groups in total. The van der Waals surface area contributed by atoms with Crippen molar-refractivity contribution >= 4 is 38.9 Å². The molecule has 0 atom stereocenters. The number of hydrogen-bond acceptors (Lipinski definition) is 5. The molecule has 0 fully saturated rings. The normalized spacial score (nSPS) is 11.8. The number of alkyl halides is 3. The quantitative estimate of drug-likeness (QED) is 0.387. The van der Waals surface area contributed by atoms with Gasteiger partial charge in [0, 0.05) is 17.0 Å². The molecule has 1 amide bonds. The smallest absolute Gasteiger partial charge is 0.417 e. The number of aliphatic hydroxyl groups is 1. The molecule has 1 heterocycles. The predicted molar refractivity (Wildman–Crippen MR) is 111 cm³/mol. The van der Waals surface area contributed by atoms with Gasteiger partial charge in [-0.05, 0) is 30.3 Å². The fourth-order valence-electron chi connectivity index (χ4n) is 2.70. The Morgan fingerprint density at radius 1 is 1.12 bits per heavy atom. The van der Waals surface area contributed by atoms with E-state index in [0.717, 1.165) is 24.4 Å². The predicted octanol–water partition coefficient (Wildman–Crippen LogP) is 3.07. The maximum atomic E-state index is 13.6. The van der Waals surface area contributed by atoms with Crippen LogP contribution in [0.5, 0.6) is 11.5 Å². The lowest BCUT2D eigenvalue weighted by Crippen LogP contribution is -2.26. The molecule has 3 rings (SSSR count). The number of rotatable bonds is 5. The van der Waals surface area contributed by atoms with Crippen LogP contribution < -0.4 is 15.6 Å². The third kappa shape index (κ3) is 5.74. The summed E-state index contributed by atoms with van der Waals surface area (Å²) >= 11 is 5.73. The molecule has 0 spiro atoms. The number of benzene rings is 2. The molecule has 1 aromatic heterocycles. The Morgan fingerprint density at radius 3 is 2.42 bits per heavy atom. The van der Waals surface area contributed by atoms with Crippen LogP contribution >= 0.6 is 11.6 Å². The van der Waals surface area contributed by atoms with Crippen molar-refractivity contribution in [2.45, 2.75) is 11.6 Å². The molecule has 3 aromatic rings. The van der Waals surface area contributed by atoms with Crippen molar-refractivity contribution in [1.82, 2.24) is 10.2 Å². The second-order valence-corrected chi connectivity index (χ2v) is 7.09. The molecule has 0 saturated carbocycles. The van der Waals surface area contributed by atoms with Crippen LogP contribution in [0.15, 0.2) is 47.4 Å². The van der Waals surface area contributed by atoms with Crippen LogP contribution in [0.2, 0.25) is 5.02 Å². The molecule has 0 unspecified atom stereocenters. The number of aromatic amines is 1. The molecular formula is C19H10B2ClF4N3O4. The van der Waals surface area contributed by atoms with Gasteiger partial charge in [-0.15, -0.1) is 0 Å². The van der Waals surface area contributed by atoms with Gasteiger partial charge in [0.25, 0.3) is 11.5 Å². The van der Waals surface area contributed by atoms with E-state index in [9.17, 15) is 32.3 Å². The van der Waals surface area contributed by atoms with Gasteiger partial charge in [0.15, 0.2) is 0 Å². The van der Waals surface area contributed by atoms with Gasteiger partial charge in [0.05, 0.1) is 28.0 Å². The molecule has 0 saturated heterocycles. The highest BCUT2D eigenvalue weighted by Gasteiger charge is 2.35. The van der Waals surface area contributed by atoms with Crippen molar-refractivity contribution in [1.29, 1.82) is 0 Å². The van der Waals surface area contributed by atoms with Crippen LogP contribution in [-0.4, -0.2) is 36.9 Å². The van der Waals surface area contributed by atoms with E-state index in [-0.39, 0.29) is 5.69 Å². The van der Waals surface area contributed by atoms with Crippen molar-refractivity contribution < 1.29 is 32.2 Å². The van der Waals surface area contributed by atoms with Gasteiger partial charge in [-0.2, -0.15) is 18.3 Å². The molecule has 14 heteroatoms. The molecule has 33 heavy (non-hydrogen) atoms. The summed E-state index contributed by atoms with van der Waals surface area (Å²) < 4.78 is 59.2. The zero-order valence-corrected chi connectivity index (χ0v) is 17.0. The fourth-order valence-corrected chi connectivity index (χ4v) is 2.97. The summed E-state index contributed by atoms with van der Waals surface area (Å²) in [6.45, 7) is 0. The number of anilines is 1. The summed E-state index contributed by atoms with van der Waals surface area (Å²) in [4.78, 5) is 24.1. The standard InChI is InChI=1S/C19H10B2ClF4N3O4/c20-18(21,32)12-3-8(23)1-2-14(12)33-15-6-11(19(24,25)26)13(22)5-10(15)17(31)28-9-4-16(30)29-27-7-9/h1-7,32H,(H2,28,29,30,31). The number of ether oxygens (including phenoxy) is 1. The van der Waals surface area contributed by atoms with Gasteiger partial charge in [-0.1, -0.05) is 11.6 Å². The van der Waals surface area contributed by atoms with Crippen molar-refractivity contribution in [3.63, 3.8) is 0 Å². The van der Waals surface area contributed by atoms with E-state index in [4.69, 9.17) is 32.0 Å². The van der Waals surface area contributed by atoms with Crippen LogP contribution in [0.1, 0.15) is 21.5 Å². The summed E-state index contributed by atoms with van der Waals surface area (Å²) in [6, 6.07) is 4.62. The number of carbonyl (C=O) groups excluding carboxylic acids is 1. The lowest BCUT2D eigenvalue weighted by molar-refractivity contribution is -0.137. The Bertz CT molecular complexity index is 1280. The van der Waals surface area contributed by atoms with Crippen LogP contribution in [0.3, 0.4) is 0 Å². The second kappa shape index (κ2) is 8.91. The van der Waals surface area contributed by atoms with Gasteiger partial charge in [0.2, 0.25) is 0 Å². The van der Waals surface area contributed by atoms with Gasteiger partial charge in [-0.25, -0.2) is 9.49 Å². The van der Waals surface area contributed by atoms with E-state index in [1.165, 1.54) is 0 Å². The molecule has 0 bridgehead atoms. The minimum Gasteiger partial charge on any atom is -0.456 e. The Hall–Kier alpha value is -3.31.